The summed E-state index contributed by atoms with van der Waals surface area (Å²) in [5.74, 6) is -12.0. The maximum absolute atomic E-state index is 14.3. The molecule has 0 saturated heterocycles. The van der Waals surface area contributed by atoms with Gasteiger partial charge in [-0.05, 0) is 121 Å². The van der Waals surface area contributed by atoms with E-state index < -0.39 is 169 Å². The largest absolute Gasteiger partial charge is 0.394 e. The van der Waals surface area contributed by atoms with Crippen molar-refractivity contribution in [2.24, 2.45) is 55.9 Å². The summed E-state index contributed by atoms with van der Waals surface area (Å²) < 4.78 is 0. The van der Waals surface area contributed by atoms with E-state index in [1.807, 2.05) is 6.07 Å². The molecule has 10 atom stereocenters. The van der Waals surface area contributed by atoms with Crippen LogP contribution in [0.5, 0.6) is 0 Å². The smallest absolute Gasteiger partial charge is 0.247 e. The number of rotatable bonds is 45. The molecule has 1 aliphatic rings. The zero-order chi connectivity index (χ0) is 73.8. The number of unbranched alkanes of at least 4 members (excludes halogenated alkanes) is 2. The number of primary amides is 1. The van der Waals surface area contributed by atoms with Crippen LogP contribution in [-0.4, -0.2) is 217 Å². The van der Waals surface area contributed by atoms with Gasteiger partial charge in [-0.2, -0.15) is 0 Å². The molecule has 2 aromatic carbocycles. The highest BCUT2D eigenvalue weighted by molar-refractivity contribution is 6.00. The summed E-state index contributed by atoms with van der Waals surface area (Å²) in [5.41, 5.74) is 45.1. The van der Waals surface area contributed by atoms with Crippen LogP contribution < -0.4 is 110 Å². The third kappa shape index (κ3) is 30.0. The van der Waals surface area contributed by atoms with Gasteiger partial charge in [-0.25, -0.2) is 0 Å². The van der Waals surface area contributed by atoms with E-state index in [1.165, 1.54) is 20.8 Å². The van der Waals surface area contributed by atoms with Gasteiger partial charge in [-0.3, -0.25) is 72.3 Å². The van der Waals surface area contributed by atoms with E-state index in [-0.39, 0.29) is 95.8 Å². The zero-order valence-corrected chi connectivity index (χ0v) is 56.0. The minimum absolute atomic E-state index is 0.0240. The Morgan fingerprint density at radius 3 is 1.38 bits per heavy atom. The number of amides is 13. The number of guanidine groups is 2. The Kier molecular flexibility index (Phi) is 36.3. The molecule has 37 nitrogen and oxygen atoms in total. The number of nitrogens with zero attached hydrogens (tertiary/aromatic N) is 2. The van der Waals surface area contributed by atoms with Crippen LogP contribution in [0.15, 0.2) is 64.6 Å². The Hall–Kier alpha value is -10.1. The molecule has 3 rings (SSSR count). The highest BCUT2D eigenvalue weighted by Crippen LogP contribution is 2.31. The second-order valence-electron chi connectivity index (χ2n) is 23.8. The van der Waals surface area contributed by atoms with Crippen molar-refractivity contribution in [1.29, 1.82) is 0 Å². The number of benzene rings is 2. The number of fused-ring (bicyclic) bond motifs is 1. The fourth-order valence-corrected chi connectivity index (χ4v) is 10.1. The van der Waals surface area contributed by atoms with E-state index in [0.717, 1.165) is 5.56 Å². The molecule has 30 N–H and O–H groups in total. The molecule has 0 aromatic heterocycles. The van der Waals surface area contributed by atoms with Gasteiger partial charge < -0.3 is 120 Å². The molecular formula is C62H100N22O15. The van der Waals surface area contributed by atoms with Crippen molar-refractivity contribution in [3.05, 3.63) is 71.3 Å². The molecule has 0 aliphatic heterocycles. The van der Waals surface area contributed by atoms with Gasteiger partial charge in [-0.1, -0.05) is 54.6 Å². The van der Waals surface area contributed by atoms with Crippen molar-refractivity contribution in [2.75, 3.05) is 52.4 Å². The molecule has 37 heteroatoms. The molecule has 99 heavy (non-hydrogen) atoms. The first-order valence-corrected chi connectivity index (χ1v) is 32.5. The number of carbonyl (C=O) groups excluding carboxylic acids is 13. The van der Waals surface area contributed by atoms with Crippen molar-refractivity contribution in [2.45, 2.75) is 170 Å². The van der Waals surface area contributed by atoms with Gasteiger partial charge in [0.25, 0.3) is 0 Å². The van der Waals surface area contributed by atoms with Gasteiger partial charge in [0.05, 0.1) is 38.4 Å². The molecule has 1 aliphatic carbocycles. The number of aliphatic hydroxyl groups excluding tert-OH is 2. The fourth-order valence-electron chi connectivity index (χ4n) is 10.1. The van der Waals surface area contributed by atoms with E-state index in [2.05, 4.69) is 73.8 Å². The first-order valence-electron chi connectivity index (χ1n) is 32.5. The summed E-state index contributed by atoms with van der Waals surface area (Å²) in [7, 11) is 0. The first-order chi connectivity index (χ1) is 46.9. The van der Waals surface area contributed by atoms with Gasteiger partial charge in [0.2, 0.25) is 76.8 Å². The predicted molar refractivity (Wildman–Crippen MR) is 362 cm³/mol. The van der Waals surface area contributed by atoms with Crippen molar-refractivity contribution in [1.82, 2.24) is 63.8 Å². The summed E-state index contributed by atoms with van der Waals surface area (Å²) in [4.78, 5) is 183. The van der Waals surface area contributed by atoms with Gasteiger partial charge in [0.15, 0.2) is 11.9 Å². The zero-order valence-electron chi connectivity index (χ0n) is 56.0. The van der Waals surface area contributed by atoms with E-state index in [1.54, 1.807) is 48.5 Å². The second-order valence-corrected chi connectivity index (χ2v) is 23.8. The van der Waals surface area contributed by atoms with E-state index >= 15 is 0 Å². The van der Waals surface area contributed by atoms with Crippen molar-refractivity contribution >= 4 is 88.7 Å². The first kappa shape index (κ1) is 83.1. The lowest BCUT2D eigenvalue weighted by Gasteiger charge is -2.32. The molecule has 0 bridgehead atoms. The molecule has 2 aromatic rings. The molecule has 0 saturated carbocycles. The standard InChI is InChI=1S/C62H100N22O15/c1-34(76-47(88)31-75-58(98)49(36(3)86)83-59(99)62(28-38-17-7-8-18-39(38)29-62)84-48(89)32-73-46(87)30-74-53(93)40(65)27-37-15-5-4-6-16-37)51(91)79-44(22-14-26-72-61(69)70)55(95)81-42(20-10-12-24-64)56(96)82-45(33-85)57(97)77-35(2)52(92)80-43(21-13-25-71-60(67)68)54(94)78-41(50(66)90)19-9-11-23-63/h4-8,15-18,34-36,40-45,49,85-86H,9-14,19-33,63-65H2,1-3H3,(H2,66,90)(H,73,87)(H,74,93)(H,75,98)(H,76,88)(H,77,97)(H,78,94)(H,79,91)(H,80,92)(H,81,95)(H,82,96)(H,83,99)(H,84,89)(H4,67,68,71)(H4,69,70,72)/t34-,35-,36+,40-,41-,42-,43-,44-,45-,49-/m0/s1. The molecule has 0 radical (unpaired) electrons. The number of aliphatic hydroxyl groups is 2. The summed E-state index contributed by atoms with van der Waals surface area (Å²) in [6.45, 7) is 1.26. The van der Waals surface area contributed by atoms with Crippen LogP contribution in [0.2, 0.25) is 0 Å². The monoisotopic (exact) mass is 1390 g/mol. The SMILES string of the molecule is C[C@H](NC(=O)CNC(=O)[C@@H](NC(=O)C1(NC(=O)CNC(=O)CNC(=O)[C@@H](N)Cc2ccccc2)Cc2ccccc2C1)[C@@H](C)O)C(=O)N[C@@H](CCCN=C(N)N)C(=O)N[C@@H](CCCCN)C(=O)N[C@@H](CO)C(=O)N[C@@H](C)C(=O)N[C@@H](CCCN=C(N)N)C(=O)N[C@@H](CCCCN)C(N)=O. The molecule has 0 heterocycles. The molecule has 0 fully saturated rings. The molecule has 0 unspecified atom stereocenters. The van der Waals surface area contributed by atoms with E-state index in [4.69, 9.17) is 45.9 Å². The number of aliphatic imine (C=N–C) groups is 2. The van der Waals surface area contributed by atoms with Crippen molar-refractivity contribution in [3.63, 3.8) is 0 Å². The van der Waals surface area contributed by atoms with Crippen LogP contribution in [0.3, 0.4) is 0 Å². The minimum atomic E-state index is -1.75. The Balaban J connectivity index is 1.69. The average molecular weight is 1390 g/mol. The van der Waals surface area contributed by atoms with Crippen molar-refractivity contribution < 1.29 is 72.5 Å². The number of carbonyl (C=O) groups is 13. The number of hydrogen-bond acceptors (Lipinski definition) is 20. The van der Waals surface area contributed by atoms with Crippen LogP contribution in [-0.2, 0) is 81.6 Å². The summed E-state index contributed by atoms with van der Waals surface area (Å²) in [6, 6.07) is 3.36. The Morgan fingerprint density at radius 1 is 0.475 bits per heavy atom. The topological polar surface area (TPSA) is 640 Å². The summed E-state index contributed by atoms with van der Waals surface area (Å²) in [5, 5.41) is 50.6. The van der Waals surface area contributed by atoms with Crippen molar-refractivity contribution in [3.8, 4) is 0 Å². The lowest BCUT2D eigenvalue weighted by atomic mass is 9.93. The van der Waals surface area contributed by atoms with Gasteiger partial charge in [0, 0.05) is 25.9 Å². The Morgan fingerprint density at radius 2 is 0.899 bits per heavy atom. The molecule has 548 valence electrons. The highest BCUT2D eigenvalue weighted by Gasteiger charge is 2.47. The lowest BCUT2D eigenvalue weighted by molar-refractivity contribution is -0.138. The summed E-state index contributed by atoms with van der Waals surface area (Å²) >= 11 is 0. The average Bonchev–Trinajstić information content (AvgIpc) is 1.63. The Bertz CT molecular complexity index is 3110. The summed E-state index contributed by atoms with van der Waals surface area (Å²) in [6.07, 6.45) is 0.237. The fraction of sp³-hybridized carbons (Fsp3) is 0.565. The van der Waals surface area contributed by atoms with Gasteiger partial charge >= 0.3 is 0 Å². The number of nitrogens with two attached hydrogens (primary N) is 8. The molecule has 13 amide bonds. The van der Waals surface area contributed by atoms with Crippen LogP contribution in [0, 0.1) is 0 Å². The van der Waals surface area contributed by atoms with Gasteiger partial charge in [-0.15, -0.1) is 0 Å². The van der Waals surface area contributed by atoms with Crippen LogP contribution >= 0.6 is 0 Å². The number of nitrogens with one attached hydrogen (secondary N) is 12. The van der Waals surface area contributed by atoms with E-state index in [0.29, 0.717) is 36.9 Å². The van der Waals surface area contributed by atoms with E-state index in [9.17, 15) is 72.5 Å². The maximum atomic E-state index is 14.3. The third-order valence-electron chi connectivity index (χ3n) is 15.6. The number of hydrogen-bond donors (Lipinski definition) is 22. The Labute approximate surface area is 573 Å². The van der Waals surface area contributed by atoms with Crippen LogP contribution in [0.25, 0.3) is 0 Å². The highest BCUT2D eigenvalue weighted by atomic mass is 16.3. The second kappa shape index (κ2) is 43.2. The molecule has 0 spiro atoms. The normalized spacial score (nSPS) is 14.9. The lowest BCUT2D eigenvalue weighted by Crippen LogP contribution is -2.65. The predicted octanol–water partition coefficient (Wildman–Crippen LogP) is -9.30. The quantitative estimate of drug-likeness (QED) is 0.0166. The maximum Gasteiger partial charge on any atom is 0.247 e. The minimum Gasteiger partial charge on any atom is -0.394 e. The van der Waals surface area contributed by atoms with Crippen LogP contribution in [0.4, 0.5) is 0 Å². The van der Waals surface area contributed by atoms with Crippen LogP contribution in [0.1, 0.15) is 102 Å². The van der Waals surface area contributed by atoms with Gasteiger partial charge in [0.1, 0.15) is 53.9 Å². The third-order valence-corrected chi connectivity index (χ3v) is 15.6. The molecular weight excluding hydrogens is 1290 g/mol.